The number of phenols is 1. The zero-order chi connectivity index (χ0) is 26.2. The third kappa shape index (κ3) is 7.25. The van der Waals surface area contributed by atoms with Gasteiger partial charge in [-0.05, 0) is 68.3 Å². The van der Waals surface area contributed by atoms with E-state index < -0.39 is 23.8 Å². The maximum absolute atomic E-state index is 12.9. The summed E-state index contributed by atoms with van der Waals surface area (Å²) in [5.41, 5.74) is 2.95. The first kappa shape index (κ1) is 26.6. The van der Waals surface area contributed by atoms with Crippen LogP contribution >= 0.6 is 11.3 Å². The summed E-state index contributed by atoms with van der Waals surface area (Å²) in [4.78, 5) is 46.0. The number of carbonyl (C=O) groups is 3. The molecule has 0 saturated carbocycles. The van der Waals surface area contributed by atoms with Crippen molar-refractivity contribution in [1.29, 1.82) is 0 Å². The van der Waals surface area contributed by atoms with Crippen molar-refractivity contribution < 1.29 is 24.6 Å². The van der Waals surface area contributed by atoms with Crippen LogP contribution < -0.4 is 16.0 Å². The number of carboxylic acids is 1. The molecule has 0 spiro atoms. The minimum Gasteiger partial charge on any atom is -0.508 e. The van der Waals surface area contributed by atoms with Crippen molar-refractivity contribution in [3.8, 4) is 5.75 Å². The first-order valence-corrected chi connectivity index (χ1v) is 12.3. The van der Waals surface area contributed by atoms with Crippen LogP contribution in [0.4, 0.5) is 5.95 Å². The number of carbonyl (C=O) groups excluding carboxylic acids is 2. The number of aromatic nitrogens is 2. The second-order valence-corrected chi connectivity index (χ2v) is 9.27. The summed E-state index contributed by atoms with van der Waals surface area (Å²) >= 11 is 1.26. The van der Waals surface area contributed by atoms with E-state index in [2.05, 4.69) is 25.9 Å². The molecule has 0 radical (unpaired) electrons. The van der Waals surface area contributed by atoms with E-state index in [0.29, 0.717) is 28.8 Å². The van der Waals surface area contributed by atoms with Gasteiger partial charge < -0.3 is 26.2 Å². The molecule has 3 rings (SSSR count). The number of hydrogen-bond donors (Lipinski definition) is 5. The number of nitrogens with zero attached hydrogens (tertiary/aromatic N) is 2. The van der Waals surface area contributed by atoms with Gasteiger partial charge in [0.05, 0.1) is 21.8 Å². The smallest absolute Gasteiger partial charge is 0.328 e. The number of thiophene rings is 1. The van der Waals surface area contributed by atoms with Crippen LogP contribution in [0.25, 0.3) is 0 Å². The van der Waals surface area contributed by atoms with Gasteiger partial charge in [0, 0.05) is 13.1 Å². The molecule has 10 nitrogen and oxygen atoms in total. The Labute approximate surface area is 212 Å². The molecule has 190 valence electrons. The second kappa shape index (κ2) is 12.1. The lowest BCUT2D eigenvalue weighted by Crippen LogP contribution is -2.48. The van der Waals surface area contributed by atoms with Crippen molar-refractivity contribution in [1.82, 2.24) is 20.6 Å². The van der Waals surface area contributed by atoms with Gasteiger partial charge in [-0.15, -0.1) is 11.3 Å². The number of aromatic hydroxyl groups is 1. The number of hydrogen-bond acceptors (Lipinski definition) is 8. The predicted octanol–water partition coefficient (Wildman–Crippen LogP) is 2.83. The average Bonchev–Trinajstić information content (AvgIpc) is 3.25. The topological polar surface area (TPSA) is 154 Å². The van der Waals surface area contributed by atoms with Crippen molar-refractivity contribution in [3.63, 3.8) is 0 Å². The Morgan fingerprint density at radius 2 is 1.78 bits per heavy atom. The minimum atomic E-state index is -1.32. The molecule has 3 aromatic rings. The summed E-state index contributed by atoms with van der Waals surface area (Å²) in [6.45, 7) is 5.48. The Morgan fingerprint density at radius 1 is 1.06 bits per heavy atom. The van der Waals surface area contributed by atoms with Crippen LogP contribution in [0.5, 0.6) is 5.75 Å². The summed E-state index contributed by atoms with van der Waals surface area (Å²) < 4.78 is 0. The number of anilines is 1. The number of aryl methyl sites for hydroxylation is 4. The lowest BCUT2D eigenvalue weighted by Gasteiger charge is -2.17. The molecule has 2 heterocycles. The molecular weight excluding hydrogens is 482 g/mol. The van der Waals surface area contributed by atoms with E-state index in [0.717, 1.165) is 24.0 Å². The van der Waals surface area contributed by atoms with Crippen LogP contribution in [-0.2, 0) is 11.2 Å². The number of benzene rings is 1. The van der Waals surface area contributed by atoms with Crippen LogP contribution in [0.2, 0.25) is 0 Å². The highest BCUT2D eigenvalue weighted by molar-refractivity contribution is 7.12. The van der Waals surface area contributed by atoms with E-state index >= 15 is 0 Å². The highest BCUT2D eigenvalue weighted by atomic mass is 32.1. The van der Waals surface area contributed by atoms with Crippen LogP contribution in [-0.4, -0.2) is 57.1 Å². The van der Waals surface area contributed by atoms with E-state index in [4.69, 9.17) is 0 Å². The maximum atomic E-state index is 12.9. The third-order valence-corrected chi connectivity index (χ3v) is 6.41. The van der Waals surface area contributed by atoms with Gasteiger partial charge in [0.1, 0.15) is 11.8 Å². The molecule has 0 bridgehead atoms. The number of aliphatic carboxylic acids is 1. The van der Waals surface area contributed by atoms with Crippen molar-refractivity contribution in [2.45, 2.75) is 39.7 Å². The molecule has 1 atom stereocenters. The molecule has 2 amide bonds. The molecular formula is C25H29N5O5S. The zero-order valence-corrected chi connectivity index (χ0v) is 21.1. The van der Waals surface area contributed by atoms with E-state index in [-0.39, 0.29) is 17.9 Å². The molecule has 5 N–H and O–H groups in total. The Kier molecular flexibility index (Phi) is 8.96. The van der Waals surface area contributed by atoms with Crippen LogP contribution in [0, 0.1) is 20.8 Å². The zero-order valence-electron chi connectivity index (χ0n) is 20.3. The van der Waals surface area contributed by atoms with Crippen LogP contribution in [0.3, 0.4) is 0 Å². The van der Waals surface area contributed by atoms with Gasteiger partial charge >= 0.3 is 5.97 Å². The van der Waals surface area contributed by atoms with Gasteiger partial charge in [0.2, 0.25) is 5.95 Å². The van der Waals surface area contributed by atoms with Gasteiger partial charge in [-0.3, -0.25) is 9.59 Å². The molecule has 0 aliphatic carbocycles. The van der Waals surface area contributed by atoms with Crippen LogP contribution in [0.1, 0.15) is 49.0 Å². The third-order valence-electron chi connectivity index (χ3n) is 5.36. The Balaban J connectivity index is 1.57. The Hall–Kier alpha value is -3.99. The normalized spacial score (nSPS) is 11.5. The molecule has 0 saturated heterocycles. The summed E-state index contributed by atoms with van der Waals surface area (Å²) in [6.07, 6.45) is 1.54. The van der Waals surface area contributed by atoms with Gasteiger partial charge in [0.25, 0.3) is 11.8 Å². The monoisotopic (exact) mass is 511 g/mol. The van der Waals surface area contributed by atoms with E-state index in [1.807, 2.05) is 18.4 Å². The molecule has 11 heteroatoms. The standard InChI is InChI=1S/C25H29N5O5S/c1-14-10-20(36-13-14)22(32)27-12-19(24(34)35)30-23(33)21-15(2)28-25(29-16(21)3)26-9-5-7-17-6-4-8-18(31)11-17/h4,6,8,10-11,13,19,31H,5,7,9,12H2,1-3H3,(H,27,32)(H,30,33)(H,34,35)(H,26,28,29)/t19-/m0/s1. The fraction of sp³-hybridized carbons (Fsp3) is 0.320. The quantitative estimate of drug-likeness (QED) is 0.246. The molecule has 0 aliphatic heterocycles. The first-order valence-electron chi connectivity index (χ1n) is 11.4. The lowest BCUT2D eigenvalue weighted by atomic mass is 10.1. The summed E-state index contributed by atoms with van der Waals surface area (Å²) in [5, 5.41) is 29.0. The summed E-state index contributed by atoms with van der Waals surface area (Å²) in [7, 11) is 0. The molecule has 2 aromatic heterocycles. The highest BCUT2D eigenvalue weighted by Crippen LogP contribution is 2.15. The summed E-state index contributed by atoms with van der Waals surface area (Å²) in [5.74, 6) is -1.70. The average molecular weight is 512 g/mol. The number of phenolic OH excluding ortho intramolecular Hbond substituents is 1. The molecule has 1 aromatic carbocycles. The van der Waals surface area contributed by atoms with Gasteiger partial charge in [-0.2, -0.15) is 0 Å². The predicted molar refractivity (Wildman–Crippen MR) is 137 cm³/mol. The number of nitrogens with one attached hydrogen (secondary N) is 3. The van der Waals surface area contributed by atoms with Crippen molar-refractivity contribution >= 4 is 35.1 Å². The van der Waals surface area contributed by atoms with Gasteiger partial charge in [0.15, 0.2) is 0 Å². The Bertz CT molecular complexity index is 1240. The number of rotatable bonds is 11. The molecule has 36 heavy (non-hydrogen) atoms. The van der Waals surface area contributed by atoms with E-state index in [1.165, 1.54) is 11.3 Å². The van der Waals surface area contributed by atoms with E-state index in [1.54, 1.807) is 38.1 Å². The fourth-order valence-corrected chi connectivity index (χ4v) is 4.41. The maximum Gasteiger partial charge on any atom is 0.328 e. The summed E-state index contributed by atoms with van der Waals surface area (Å²) in [6, 6.07) is 7.47. The van der Waals surface area contributed by atoms with Crippen molar-refractivity contribution in [2.24, 2.45) is 0 Å². The number of amides is 2. The first-order chi connectivity index (χ1) is 17.1. The highest BCUT2D eigenvalue weighted by Gasteiger charge is 2.25. The van der Waals surface area contributed by atoms with Crippen molar-refractivity contribution in [2.75, 3.05) is 18.4 Å². The molecule has 0 aliphatic rings. The Morgan fingerprint density at radius 3 is 2.39 bits per heavy atom. The second-order valence-electron chi connectivity index (χ2n) is 8.36. The minimum absolute atomic E-state index is 0.187. The fourth-order valence-electron chi connectivity index (χ4n) is 3.59. The van der Waals surface area contributed by atoms with E-state index in [9.17, 15) is 24.6 Å². The van der Waals surface area contributed by atoms with Gasteiger partial charge in [-0.1, -0.05) is 12.1 Å². The number of carboxylic acid groups (broad SMARTS) is 1. The van der Waals surface area contributed by atoms with Crippen LogP contribution in [0.15, 0.2) is 35.7 Å². The molecule has 0 unspecified atom stereocenters. The molecule has 0 fully saturated rings. The largest absolute Gasteiger partial charge is 0.508 e. The van der Waals surface area contributed by atoms with Crippen molar-refractivity contribution in [3.05, 3.63) is 68.7 Å². The van der Waals surface area contributed by atoms with Gasteiger partial charge in [-0.25, -0.2) is 14.8 Å². The lowest BCUT2D eigenvalue weighted by molar-refractivity contribution is -0.139. The SMILES string of the molecule is Cc1csc(C(=O)NC[C@H](NC(=O)c2c(C)nc(NCCCc3cccc(O)c3)nc2C)C(=O)O)c1.